The summed E-state index contributed by atoms with van der Waals surface area (Å²) in [5.74, 6) is 1.35. The van der Waals surface area contributed by atoms with Crippen molar-refractivity contribution in [2.24, 2.45) is 9.98 Å². The molecule has 1 aliphatic rings. The Morgan fingerprint density at radius 2 is 1.14 bits per heavy atom. The smallest absolute Gasteiger partial charge is 0.159 e. The molecule has 3 heterocycles. The predicted octanol–water partition coefficient (Wildman–Crippen LogP) is 11.5. The van der Waals surface area contributed by atoms with E-state index in [1.165, 1.54) is 0 Å². The molecule has 1 unspecified atom stereocenters. The largest absolute Gasteiger partial charge is 0.455 e. The SMILES string of the molecule is c1ccc(C2=NC(c3ccccc3)NC(c3ccc(N(c4ccccc4)c4cccc5c4oc4ccccc45)c4c3oc3ccccc34)=N2)cc1. The fourth-order valence-corrected chi connectivity index (χ4v) is 7.19. The summed E-state index contributed by atoms with van der Waals surface area (Å²) in [6.45, 7) is 0. The van der Waals surface area contributed by atoms with Crippen LogP contribution in [0, 0.1) is 0 Å². The second-order valence-electron chi connectivity index (χ2n) is 12.6. The van der Waals surface area contributed by atoms with E-state index in [0.717, 1.165) is 77.6 Å². The highest BCUT2D eigenvalue weighted by Gasteiger charge is 2.28. The average molecular weight is 659 g/mol. The Kier molecular flexibility index (Phi) is 6.77. The normalized spacial score (nSPS) is 14.5. The number of benzene rings is 7. The number of hydrogen-bond acceptors (Lipinski definition) is 6. The Morgan fingerprint density at radius 1 is 0.510 bits per heavy atom. The van der Waals surface area contributed by atoms with Crippen LogP contribution in [0.1, 0.15) is 22.9 Å². The monoisotopic (exact) mass is 658 g/mol. The molecule has 242 valence electrons. The zero-order valence-corrected chi connectivity index (χ0v) is 27.4. The highest BCUT2D eigenvalue weighted by Crippen LogP contribution is 2.47. The molecule has 0 bridgehead atoms. The molecule has 6 nitrogen and oxygen atoms in total. The van der Waals surface area contributed by atoms with E-state index < -0.39 is 0 Å². The van der Waals surface area contributed by atoms with Gasteiger partial charge in [0, 0.05) is 27.4 Å². The maximum Gasteiger partial charge on any atom is 0.159 e. The maximum atomic E-state index is 6.81. The summed E-state index contributed by atoms with van der Waals surface area (Å²) in [7, 11) is 0. The Hall–Kier alpha value is -6.92. The van der Waals surface area contributed by atoms with Gasteiger partial charge in [-0.3, -0.25) is 0 Å². The number of hydrogen-bond donors (Lipinski definition) is 1. The minimum absolute atomic E-state index is 0.334. The molecule has 0 aliphatic carbocycles. The molecule has 1 N–H and O–H groups in total. The van der Waals surface area contributed by atoms with Crippen LogP contribution in [0.25, 0.3) is 43.9 Å². The summed E-state index contributed by atoms with van der Waals surface area (Å²) in [6.07, 6.45) is -0.334. The van der Waals surface area contributed by atoms with Gasteiger partial charge in [0.25, 0.3) is 0 Å². The number of anilines is 3. The van der Waals surface area contributed by atoms with Crippen molar-refractivity contribution in [3.63, 3.8) is 0 Å². The van der Waals surface area contributed by atoms with Crippen molar-refractivity contribution in [3.8, 4) is 0 Å². The van der Waals surface area contributed by atoms with Crippen molar-refractivity contribution >= 4 is 72.6 Å². The van der Waals surface area contributed by atoms with E-state index in [4.69, 9.17) is 18.8 Å². The molecule has 0 saturated heterocycles. The molecule has 1 aliphatic heterocycles. The van der Waals surface area contributed by atoms with Crippen LogP contribution in [0.15, 0.2) is 189 Å². The first kappa shape index (κ1) is 29.0. The molecule has 7 aromatic carbocycles. The number of furan rings is 2. The molecule has 0 radical (unpaired) electrons. The lowest BCUT2D eigenvalue weighted by atomic mass is 10.0. The van der Waals surface area contributed by atoms with Gasteiger partial charge < -0.3 is 19.1 Å². The molecule has 0 spiro atoms. The van der Waals surface area contributed by atoms with Gasteiger partial charge in [-0.05, 0) is 48.0 Å². The summed E-state index contributed by atoms with van der Waals surface area (Å²) in [5, 5.41) is 7.78. The first-order valence-electron chi connectivity index (χ1n) is 17.0. The molecular weight excluding hydrogens is 629 g/mol. The van der Waals surface area contributed by atoms with Gasteiger partial charge in [0.2, 0.25) is 0 Å². The molecule has 2 aromatic heterocycles. The predicted molar refractivity (Wildman–Crippen MR) is 208 cm³/mol. The van der Waals surface area contributed by atoms with Crippen LogP contribution in [0.2, 0.25) is 0 Å². The third kappa shape index (κ3) is 4.88. The van der Waals surface area contributed by atoms with Gasteiger partial charge in [-0.25, -0.2) is 9.98 Å². The van der Waals surface area contributed by atoms with Gasteiger partial charge >= 0.3 is 0 Å². The van der Waals surface area contributed by atoms with Crippen molar-refractivity contribution in [3.05, 3.63) is 187 Å². The second-order valence-corrected chi connectivity index (χ2v) is 12.6. The zero-order valence-electron chi connectivity index (χ0n) is 27.4. The Labute approximate surface area is 293 Å². The Bertz CT molecular complexity index is 2780. The first-order chi connectivity index (χ1) is 25.3. The fourth-order valence-electron chi connectivity index (χ4n) is 7.19. The molecule has 0 saturated carbocycles. The van der Waals surface area contributed by atoms with E-state index in [0.29, 0.717) is 11.7 Å². The molecule has 51 heavy (non-hydrogen) atoms. The van der Waals surface area contributed by atoms with E-state index in [2.05, 4.69) is 101 Å². The van der Waals surface area contributed by atoms with E-state index in [9.17, 15) is 0 Å². The third-order valence-corrected chi connectivity index (χ3v) is 9.53. The van der Waals surface area contributed by atoms with Crippen molar-refractivity contribution in [1.29, 1.82) is 0 Å². The van der Waals surface area contributed by atoms with Crippen LogP contribution in [0.3, 0.4) is 0 Å². The number of rotatable bonds is 6. The van der Waals surface area contributed by atoms with Crippen molar-refractivity contribution in [2.45, 2.75) is 6.17 Å². The quantitative estimate of drug-likeness (QED) is 0.193. The average Bonchev–Trinajstić information content (AvgIpc) is 3.79. The summed E-state index contributed by atoms with van der Waals surface area (Å²) in [6, 6.07) is 57.9. The summed E-state index contributed by atoms with van der Waals surface area (Å²) >= 11 is 0. The van der Waals surface area contributed by atoms with Crippen molar-refractivity contribution in [2.75, 3.05) is 4.90 Å². The second kappa shape index (κ2) is 11.9. The van der Waals surface area contributed by atoms with Gasteiger partial charge in [-0.15, -0.1) is 0 Å². The number of amidine groups is 2. The number of aliphatic imine (C=N–C) groups is 2. The van der Waals surface area contributed by atoms with E-state index in [1.54, 1.807) is 0 Å². The fraction of sp³-hybridized carbons (Fsp3) is 0.0222. The van der Waals surface area contributed by atoms with Gasteiger partial charge in [-0.2, -0.15) is 0 Å². The molecule has 9 aromatic rings. The van der Waals surface area contributed by atoms with Crippen LogP contribution in [-0.4, -0.2) is 11.7 Å². The zero-order chi connectivity index (χ0) is 33.7. The van der Waals surface area contributed by atoms with Crippen molar-refractivity contribution < 1.29 is 8.83 Å². The van der Waals surface area contributed by atoms with Gasteiger partial charge in [0.05, 0.1) is 22.3 Å². The van der Waals surface area contributed by atoms with E-state index >= 15 is 0 Å². The number of fused-ring (bicyclic) bond motifs is 6. The van der Waals surface area contributed by atoms with Crippen LogP contribution in [0.5, 0.6) is 0 Å². The standard InChI is InChI=1S/C45H30N4O2/c1-4-15-29(16-5-1)43-46-44(30-17-6-2-7-18-30)48-45(47-43)35-27-28-36(40-34-22-11-13-26-39(34)51-42(35)40)49(31-19-8-3-9-20-31)37-24-14-23-33-32-21-10-12-25-38(32)50-41(33)37/h1-28,43H,(H,46,47,48). The number of nitrogens with one attached hydrogen (secondary N) is 1. The summed E-state index contributed by atoms with van der Waals surface area (Å²) in [5.41, 5.74) is 8.95. The van der Waals surface area contributed by atoms with Crippen LogP contribution in [-0.2, 0) is 0 Å². The lowest BCUT2D eigenvalue weighted by molar-refractivity contribution is 0.659. The molecular formula is C45H30N4O2. The Balaban J connectivity index is 1.23. The van der Waals surface area contributed by atoms with E-state index in [-0.39, 0.29) is 6.17 Å². The maximum absolute atomic E-state index is 6.81. The Morgan fingerprint density at radius 3 is 1.92 bits per heavy atom. The first-order valence-corrected chi connectivity index (χ1v) is 17.0. The molecule has 6 heteroatoms. The van der Waals surface area contributed by atoms with Gasteiger partial charge in [0.15, 0.2) is 11.4 Å². The highest BCUT2D eigenvalue weighted by atomic mass is 16.3. The van der Waals surface area contributed by atoms with Gasteiger partial charge in [-0.1, -0.05) is 127 Å². The lowest BCUT2D eigenvalue weighted by Gasteiger charge is -2.27. The van der Waals surface area contributed by atoms with Crippen LogP contribution >= 0.6 is 0 Å². The topological polar surface area (TPSA) is 66.3 Å². The van der Waals surface area contributed by atoms with Crippen molar-refractivity contribution in [1.82, 2.24) is 5.32 Å². The lowest BCUT2D eigenvalue weighted by Crippen LogP contribution is -2.33. The minimum Gasteiger partial charge on any atom is -0.455 e. The van der Waals surface area contributed by atoms with Crippen LogP contribution in [0.4, 0.5) is 17.1 Å². The highest BCUT2D eigenvalue weighted by molar-refractivity contribution is 6.23. The third-order valence-electron chi connectivity index (χ3n) is 9.53. The molecule has 10 rings (SSSR count). The van der Waals surface area contributed by atoms with Crippen LogP contribution < -0.4 is 10.2 Å². The summed E-state index contributed by atoms with van der Waals surface area (Å²) in [4.78, 5) is 12.5. The minimum atomic E-state index is -0.334. The molecule has 0 amide bonds. The van der Waals surface area contributed by atoms with Gasteiger partial charge in [0.1, 0.15) is 28.8 Å². The van der Waals surface area contributed by atoms with E-state index in [1.807, 2.05) is 78.9 Å². The summed E-state index contributed by atoms with van der Waals surface area (Å²) < 4.78 is 13.4. The number of nitrogens with zero attached hydrogens (tertiary/aromatic N) is 3. The number of para-hydroxylation sites is 4. The molecule has 1 atom stereocenters. The molecule has 0 fully saturated rings.